The first-order chi connectivity index (χ1) is 13.1. The summed E-state index contributed by atoms with van der Waals surface area (Å²) in [7, 11) is 0. The molecule has 5 nitrogen and oxygen atoms in total. The Labute approximate surface area is 162 Å². The maximum atomic E-state index is 13.2. The highest BCUT2D eigenvalue weighted by Crippen LogP contribution is 2.35. The first-order valence-corrected chi connectivity index (χ1v) is 10.2. The molecule has 1 atom stereocenters. The summed E-state index contributed by atoms with van der Waals surface area (Å²) in [4.78, 5) is 34.1. The Morgan fingerprint density at radius 2 is 2.04 bits per heavy atom. The Bertz CT molecular complexity index is 1040. The third kappa shape index (κ3) is 3.30. The summed E-state index contributed by atoms with van der Waals surface area (Å²) in [6.07, 6.45) is 4.73. The third-order valence-corrected chi connectivity index (χ3v) is 6.36. The van der Waals surface area contributed by atoms with Crippen molar-refractivity contribution in [3.8, 4) is 11.1 Å². The molecule has 4 rings (SSSR count). The predicted octanol–water partition coefficient (Wildman–Crippen LogP) is 3.83. The van der Waals surface area contributed by atoms with Crippen molar-refractivity contribution in [2.24, 2.45) is 0 Å². The highest BCUT2D eigenvalue weighted by Gasteiger charge is 2.24. The Balaban J connectivity index is 1.74. The molecular weight excluding hydrogens is 358 g/mol. The van der Waals surface area contributed by atoms with Gasteiger partial charge in [0.25, 0.3) is 5.56 Å². The number of likely N-dealkylation sites (tertiary alicyclic amines) is 1. The average Bonchev–Trinajstić information content (AvgIpc) is 3.02. The van der Waals surface area contributed by atoms with Gasteiger partial charge in [-0.1, -0.05) is 30.3 Å². The lowest BCUT2D eigenvalue weighted by Gasteiger charge is -2.33. The second-order valence-electron chi connectivity index (χ2n) is 7.19. The van der Waals surface area contributed by atoms with E-state index in [-0.39, 0.29) is 24.1 Å². The van der Waals surface area contributed by atoms with Crippen LogP contribution < -0.4 is 5.56 Å². The number of hydrogen-bond donors (Lipinski definition) is 0. The van der Waals surface area contributed by atoms with Crippen molar-refractivity contribution < 1.29 is 4.79 Å². The molecule has 1 amide bonds. The van der Waals surface area contributed by atoms with E-state index in [1.54, 1.807) is 0 Å². The van der Waals surface area contributed by atoms with E-state index < -0.39 is 0 Å². The zero-order valence-corrected chi connectivity index (χ0v) is 16.5. The monoisotopic (exact) mass is 381 g/mol. The van der Waals surface area contributed by atoms with Gasteiger partial charge in [0.2, 0.25) is 5.91 Å². The van der Waals surface area contributed by atoms with Crippen LogP contribution in [-0.4, -0.2) is 32.9 Å². The van der Waals surface area contributed by atoms with Crippen LogP contribution in [0.15, 0.2) is 41.5 Å². The minimum atomic E-state index is -0.138. The quantitative estimate of drug-likeness (QED) is 0.693. The Hall–Kier alpha value is -2.47. The number of rotatable bonds is 3. The van der Waals surface area contributed by atoms with E-state index in [0.29, 0.717) is 5.39 Å². The summed E-state index contributed by atoms with van der Waals surface area (Å²) >= 11 is 1.52. The van der Waals surface area contributed by atoms with Gasteiger partial charge in [-0.25, -0.2) is 4.98 Å². The van der Waals surface area contributed by atoms with Crippen LogP contribution in [0.4, 0.5) is 0 Å². The molecule has 0 unspecified atom stereocenters. The van der Waals surface area contributed by atoms with E-state index in [1.807, 2.05) is 42.2 Å². The fourth-order valence-electron chi connectivity index (χ4n) is 3.91. The molecule has 1 saturated heterocycles. The molecule has 0 spiro atoms. The molecule has 6 heteroatoms. The van der Waals surface area contributed by atoms with Crippen LogP contribution in [0.3, 0.4) is 0 Å². The molecule has 1 aromatic carbocycles. The summed E-state index contributed by atoms with van der Waals surface area (Å²) in [5.74, 6) is -0.00124. The van der Waals surface area contributed by atoms with E-state index in [0.717, 1.165) is 46.6 Å². The summed E-state index contributed by atoms with van der Waals surface area (Å²) in [5, 5.41) is 0.616. The van der Waals surface area contributed by atoms with Gasteiger partial charge in [0.05, 0.1) is 11.7 Å². The van der Waals surface area contributed by atoms with Crippen molar-refractivity contribution in [3.05, 3.63) is 51.9 Å². The summed E-state index contributed by atoms with van der Waals surface area (Å²) in [6, 6.07) is 10.1. The normalized spacial score (nSPS) is 17.4. The van der Waals surface area contributed by atoms with E-state index in [1.165, 1.54) is 22.2 Å². The Morgan fingerprint density at radius 3 is 2.78 bits per heavy atom. The number of aryl methyl sites for hydroxylation is 1. The molecule has 2 aromatic heterocycles. The molecule has 1 fully saturated rings. The SMILES string of the molecule is Cc1sc2ncn(CC(=O)N3CCCC[C@H]3C)c(=O)c2c1-c1ccccc1. The zero-order valence-electron chi connectivity index (χ0n) is 15.6. The molecule has 3 aromatic rings. The van der Waals surface area contributed by atoms with Crippen molar-refractivity contribution in [1.29, 1.82) is 0 Å². The van der Waals surface area contributed by atoms with Gasteiger partial charge < -0.3 is 4.90 Å². The molecular formula is C21H23N3O2S. The highest BCUT2D eigenvalue weighted by molar-refractivity contribution is 7.19. The lowest BCUT2D eigenvalue weighted by molar-refractivity contribution is -0.135. The Morgan fingerprint density at radius 1 is 1.26 bits per heavy atom. The van der Waals surface area contributed by atoms with E-state index in [4.69, 9.17) is 0 Å². The van der Waals surface area contributed by atoms with Gasteiger partial charge in [-0.3, -0.25) is 14.2 Å². The summed E-state index contributed by atoms with van der Waals surface area (Å²) < 4.78 is 1.46. The fourth-order valence-corrected chi connectivity index (χ4v) is 4.91. The van der Waals surface area contributed by atoms with E-state index in [2.05, 4.69) is 11.9 Å². The predicted molar refractivity (Wildman–Crippen MR) is 109 cm³/mol. The number of benzene rings is 1. The molecule has 0 saturated carbocycles. The van der Waals surface area contributed by atoms with Crippen molar-refractivity contribution in [2.45, 2.75) is 45.7 Å². The van der Waals surface area contributed by atoms with Gasteiger partial charge >= 0.3 is 0 Å². The summed E-state index contributed by atoms with van der Waals surface area (Å²) in [5.41, 5.74) is 1.80. The van der Waals surface area contributed by atoms with Crippen molar-refractivity contribution in [3.63, 3.8) is 0 Å². The number of nitrogens with zero attached hydrogens (tertiary/aromatic N) is 3. The number of piperidine rings is 1. The molecule has 0 radical (unpaired) electrons. The van der Waals surface area contributed by atoms with Gasteiger partial charge in [0.1, 0.15) is 11.4 Å². The minimum absolute atomic E-state index is 0.00124. The van der Waals surface area contributed by atoms with Crippen molar-refractivity contribution in [1.82, 2.24) is 14.5 Å². The number of thiophene rings is 1. The van der Waals surface area contributed by atoms with Gasteiger partial charge in [0.15, 0.2) is 0 Å². The van der Waals surface area contributed by atoms with Crippen LogP contribution in [0.25, 0.3) is 21.3 Å². The molecule has 0 N–H and O–H groups in total. The standard InChI is InChI=1S/C21H23N3O2S/c1-14-8-6-7-11-24(14)17(25)12-23-13-22-20-19(21(23)26)18(15(2)27-20)16-9-4-3-5-10-16/h3-5,9-10,13-14H,6-8,11-12H2,1-2H3/t14-/m1/s1. The topological polar surface area (TPSA) is 55.2 Å². The molecule has 3 heterocycles. The lowest BCUT2D eigenvalue weighted by atomic mass is 10.0. The van der Waals surface area contributed by atoms with Gasteiger partial charge in [0, 0.05) is 23.0 Å². The van der Waals surface area contributed by atoms with Crippen LogP contribution >= 0.6 is 11.3 Å². The summed E-state index contributed by atoms with van der Waals surface area (Å²) in [6.45, 7) is 4.92. The van der Waals surface area contributed by atoms with Crippen LogP contribution in [-0.2, 0) is 11.3 Å². The maximum Gasteiger partial charge on any atom is 0.263 e. The minimum Gasteiger partial charge on any atom is -0.338 e. The molecule has 27 heavy (non-hydrogen) atoms. The number of amides is 1. The molecule has 0 bridgehead atoms. The maximum absolute atomic E-state index is 13.2. The second kappa shape index (κ2) is 7.27. The van der Waals surface area contributed by atoms with E-state index >= 15 is 0 Å². The fraction of sp³-hybridized carbons (Fsp3) is 0.381. The Kier molecular flexibility index (Phi) is 4.83. The second-order valence-corrected chi connectivity index (χ2v) is 8.39. The smallest absolute Gasteiger partial charge is 0.263 e. The largest absolute Gasteiger partial charge is 0.338 e. The zero-order chi connectivity index (χ0) is 19.0. The van der Waals surface area contributed by atoms with Gasteiger partial charge in [-0.05, 0) is 38.7 Å². The number of carbonyl (C=O) groups excluding carboxylic acids is 1. The van der Waals surface area contributed by atoms with Crippen molar-refractivity contribution in [2.75, 3.05) is 6.54 Å². The highest BCUT2D eigenvalue weighted by atomic mass is 32.1. The number of fused-ring (bicyclic) bond motifs is 1. The van der Waals surface area contributed by atoms with Crippen LogP contribution in [0.5, 0.6) is 0 Å². The number of carbonyl (C=O) groups is 1. The van der Waals surface area contributed by atoms with Crippen LogP contribution in [0.1, 0.15) is 31.1 Å². The van der Waals surface area contributed by atoms with Gasteiger partial charge in [-0.15, -0.1) is 11.3 Å². The molecule has 0 aliphatic carbocycles. The third-order valence-electron chi connectivity index (χ3n) is 5.35. The number of hydrogen-bond acceptors (Lipinski definition) is 4. The first-order valence-electron chi connectivity index (χ1n) is 9.39. The molecule has 140 valence electrons. The lowest BCUT2D eigenvalue weighted by Crippen LogP contribution is -2.44. The van der Waals surface area contributed by atoms with Crippen LogP contribution in [0.2, 0.25) is 0 Å². The number of aromatic nitrogens is 2. The van der Waals surface area contributed by atoms with Crippen LogP contribution in [0, 0.1) is 6.92 Å². The molecule has 1 aliphatic heterocycles. The first kappa shape index (κ1) is 17.9. The van der Waals surface area contributed by atoms with Gasteiger partial charge in [-0.2, -0.15) is 0 Å². The van der Waals surface area contributed by atoms with Crippen molar-refractivity contribution >= 4 is 27.5 Å². The molecule has 1 aliphatic rings. The average molecular weight is 382 g/mol. The van der Waals surface area contributed by atoms with E-state index in [9.17, 15) is 9.59 Å².